The van der Waals surface area contributed by atoms with Gasteiger partial charge in [0.05, 0.1) is 24.4 Å². The number of thiocarbonyl (C=S) groups is 1. The van der Waals surface area contributed by atoms with E-state index in [-0.39, 0.29) is 18.4 Å². The van der Waals surface area contributed by atoms with E-state index < -0.39 is 0 Å². The first-order chi connectivity index (χ1) is 18.9. The van der Waals surface area contributed by atoms with Gasteiger partial charge in [0.25, 0.3) is 5.91 Å². The van der Waals surface area contributed by atoms with Gasteiger partial charge >= 0.3 is 0 Å². The summed E-state index contributed by atoms with van der Waals surface area (Å²) in [6.45, 7) is 5.28. The predicted octanol–water partition coefficient (Wildman–Crippen LogP) is 5.58. The van der Waals surface area contributed by atoms with Crippen LogP contribution in [-0.2, 0) is 29.1 Å². The van der Waals surface area contributed by atoms with Crippen molar-refractivity contribution >= 4 is 63.1 Å². The number of likely N-dealkylation sites (N-methyl/N-ethyl adjacent to an activating group) is 1. The molecule has 0 radical (unpaired) electrons. The minimum absolute atomic E-state index is 0.0673. The molecule has 1 aliphatic heterocycles. The number of ether oxygens (including phenoxy) is 1. The van der Waals surface area contributed by atoms with E-state index in [1.807, 2.05) is 77.7 Å². The zero-order chi connectivity index (χ0) is 27.5. The van der Waals surface area contributed by atoms with Crippen molar-refractivity contribution in [1.82, 2.24) is 14.8 Å². The highest BCUT2D eigenvalue weighted by atomic mass is 32.1. The molecular weight excluding hydrogens is 528 g/mol. The number of thiophene rings is 1. The Morgan fingerprint density at radius 1 is 1.10 bits per heavy atom. The number of nitrogens with zero attached hydrogens (tertiary/aromatic N) is 3. The van der Waals surface area contributed by atoms with E-state index in [0.29, 0.717) is 29.6 Å². The summed E-state index contributed by atoms with van der Waals surface area (Å²) in [5, 5.41) is 6.40. The second-order valence-electron chi connectivity index (χ2n) is 9.17. The van der Waals surface area contributed by atoms with Gasteiger partial charge < -0.3 is 19.5 Å². The van der Waals surface area contributed by atoms with Crippen molar-refractivity contribution in [3.05, 3.63) is 87.9 Å². The van der Waals surface area contributed by atoms with Crippen LogP contribution in [0.4, 0.5) is 5.69 Å². The molecule has 200 valence electrons. The van der Waals surface area contributed by atoms with Crippen molar-refractivity contribution in [2.75, 3.05) is 18.6 Å². The number of anilines is 1. The molecule has 0 aliphatic carbocycles. The second kappa shape index (κ2) is 11.4. The summed E-state index contributed by atoms with van der Waals surface area (Å²) in [5.41, 5.74) is 4.15. The Morgan fingerprint density at radius 2 is 1.90 bits per heavy atom. The van der Waals surface area contributed by atoms with Crippen LogP contribution in [0.5, 0.6) is 5.75 Å². The lowest BCUT2D eigenvalue weighted by Gasteiger charge is -2.16. The number of hydrogen-bond acceptors (Lipinski definition) is 5. The largest absolute Gasteiger partial charge is 0.494 e. The van der Waals surface area contributed by atoms with Crippen LogP contribution in [-0.4, -0.2) is 40.0 Å². The molecule has 0 bridgehead atoms. The molecule has 4 aromatic rings. The summed E-state index contributed by atoms with van der Waals surface area (Å²) in [7, 11) is 1.80. The fourth-order valence-corrected chi connectivity index (χ4v) is 5.72. The van der Waals surface area contributed by atoms with E-state index >= 15 is 0 Å². The highest BCUT2D eigenvalue weighted by Crippen LogP contribution is 2.32. The molecule has 1 saturated heterocycles. The average molecular weight is 559 g/mol. The van der Waals surface area contributed by atoms with Crippen LogP contribution in [0.25, 0.3) is 17.0 Å². The molecule has 0 saturated carbocycles. The number of para-hydroxylation sites is 1. The lowest BCUT2D eigenvalue weighted by atomic mass is 10.1. The quantitative estimate of drug-likeness (QED) is 0.215. The monoisotopic (exact) mass is 558 g/mol. The third-order valence-corrected chi connectivity index (χ3v) is 8.04. The third kappa shape index (κ3) is 5.32. The Hall–Kier alpha value is -3.95. The Kier molecular flexibility index (Phi) is 7.81. The minimum Gasteiger partial charge on any atom is -0.494 e. The van der Waals surface area contributed by atoms with Gasteiger partial charge in [0.1, 0.15) is 18.0 Å². The molecule has 0 atom stereocenters. The number of nitrogens with one attached hydrogen (secondary N) is 1. The Bertz CT molecular complexity index is 1560. The van der Waals surface area contributed by atoms with Crippen molar-refractivity contribution in [3.63, 3.8) is 0 Å². The number of amides is 2. The van der Waals surface area contributed by atoms with Gasteiger partial charge in [0.15, 0.2) is 5.11 Å². The fourth-order valence-electron chi connectivity index (χ4n) is 4.79. The summed E-state index contributed by atoms with van der Waals surface area (Å²) < 4.78 is 7.51. The minimum atomic E-state index is -0.201. The fraction of sp³-hybridized carbons (Fsp3) is 0.233. The smallest absolute Gasteiger partial charge is 0.281 e. The van der Waals surface area contributed by atoms with E-state index in [1.54, 1.807) is 23.3 Å². The number of aromatic nitrogens is 1. The molecule has 3 heterocycles. The molecule has 1 aliphatic rings. The molecule has 0 unspecified atom stereocenters. The Morgan fingerprint density at radius 3 is 2.59 bits per heavy atom. The van der Waals surface area contributed by atoms with Crippen molar-refractivity contribution in [2.24, 2.45) is 0 Å². The highest BCUT2D eigenvalue weighted by molar-refractivity contribution is 7.80. The van der Waals surface area contributed by atoms with Gasteiger partial charge in [-0.3, -0.25) is 14.5 Å². The summed E-state index contributed by atoms with van der Waals surface area (Å²) in [5.74, 6) is 0.470. The van der Waals surface area contributed by atoms with Crippen LogP contribution in [0.2, 0.25) is 0 Å². The molecule has 39 heavy (non-hydrogen) atoms. The van der Waals surface area contributed by atoms with E-state index in [1.165, 1.54) is 4.90 Å². The molecule has 1 N–H and O–H groups in total. The second-order valence-corrected chi connectivity index (χ2v) is 10.6. The summed E-state index contributed by atoms with van der Waals surface area (Å²) >= 11 is 7.28. The topological polar surface area (TPSA) is 66.8 Å². The normalized spacial score (nSPS) is 14.6. The summed E-state index contributed by atoms with van der Waals surface area (Å²) in [4.78, 5) is 30.9. The van der Waals surface area contributed by atoms with Gasteiger partial charge in [-0.1, -0.05) is 31.2 Å². The molecule has 9 heteroatoms. The molecule has 0 spiro atoms. The number of benzene rings is 2. The molecule has 2 aromatic carbocycles. The number of aryl methyl sites for hydroxylation is 1. The maximum atomic E-state index is 13.6. The van der Waals surface area contributed by atoms with Gasteiger partial charge in [-0.2, -0.15) is 0 Å². The molecule has 5 rings (SSSR count). The number of rotatable bonds is 9. The van der Waals surface area contributed by atoms with E-state index in [0.717, 1.165) is 39.1 Å². The van der Waals surface area contributed by atoms with Crippen molar-refractivity contribution in [3.8, 4) is 5.75 Å². The maximum Gasteiger partial charge on any atom is 0.281 e. The van der Waals surface area contributed by atoms with Gasteiger partial charge in [-0.25, -0.2) is 0 Å². The van der Waals surface area contributed by atoms with Crippen molar-refractivity contribution < 1.29 is 14.3 Å². The average Bonchev–Trinajstić information content (AvgIpc) is 3.64. The zero-order valence-electron chi connectivity index (χ0n) is 22.1. The predicted molar refractivity (Wildman–Crippen MR) is 161 cm³/mol. The molecular formula is C30H30N4O3S2. The van der Waals surface area contributed by atoms with Gasteiger partial charge in [0.2, 0.25) is 5.91 Å². The van der Waals surface area contributed by atoms with Gasteiger partial charge in [-0.05, 0) is 72.9 Å². The maximum absolute atomic E-state index is 13.6. The van der Waals surface area contributed by atoms with Crippen molar-refractivity contribution in [1.29, 1.82) is 0 Å². The van der Waals surface area contributed by atoms with Crippen LogP contribution >= 0.6 is 23.6 Å². The van der Waals surface area contributed by atoms with E-state index in [4.69, 9.17) is 17.0 Å². The first-order valence-corrected chi connectivity index (χ1v) is 14.2. The van der Waals surface area contributed by atoms with Gasteiger partial charge in [-0.15, -0.1) is 11.3 Å². The molecule has 1 fully saturated rings. The number of fused-ring (bicyclic) bond motifs is 1. The van der Waals surface area contributed by atoms with E-state index in [9.17, 15) is 9.59 Å². The van der Waals surface area contributed by atoms with Gasteiger partial charge in [0, 0.05) is 29.1 Å². The lowest BCUT2D eigenvalue weighted by molar-refractivity contribution is -0.121. The van der Waals surface area contributed by atoms with Crippen LogP contribution < -0.4 is 15.0 Å². The molecule has 2 aromatic heterocycles. The summed E-state index contributed by atoms with van der Waals surface area (Å²) in [6.07, 6.45) is 4.64. The number of carbonyl (C=O) groups is 2. The third-order valence-electron chi connectivity index (χ3n) is 6.71. The first-order valence-electron chi connectivity index (χ1n) is 12.9. The lowest BCUT2D eigenvalue weighted by Crippen LogP contribution is -2.31. The highest BCUT2D eigenvalue weighted by Gasteiger charge is 2.37. The molecule has 7 nitrogen and oxygen atoms in total. The molecule has 2 amide bonds. The Labute approximate surface area is 237 Å². The van der Waals surface area contributed by atoms with Crippen LogP contribution in [0, 0.1) is 0 Å². The SMILES string of the molecule is CCOc1ccc(N2C(=O)/C(=C/c3cn(CC(=O)NCc4cccs4)c4c(CC)cccc34)N(C)C2=S)cc1. The number of carbonyl (C=O) groups excluding carboxylic acids is 2. The zero-order valence-corrected chi connectivity index (χ0v) is 23.8. The first kappa shape index (κ1) is 26.6. The Balaban J connectivity index is 1.47. The van der Waals surface area contributed by atoms with Crippen LogP contribution in [0.3, 0.4) is 0 Å². The summed E-state index contributed by atoms with van der Waals surface area (Å²) in [6, 6.07) is 17.4. The number of hydrogen-bond donors (Lipinski definition) is 1. The standard InChI is InChI=1S/C30H30N4O3S2/c1-4-20-8-6-10-25-21(18-33(28(20)25)19-27(35)31-17-24-9-7-15-39-24)16-26-29(36)34(30(38)32(26)3)22-11-13-23(14-12-22)37-5-2/h6-16,18H,4-5,17,19H2,1-3H3,(H,31,35)/b26-16-. The van der Waals surface area contributed by atoms with Crippen LogP contribution in [0.15, 0.2) is 71.9 Å². The van der Waals surface area contributed by atoms with Crippen LogP contribution in [0.1, 0.15) is 29.9 Å². The van der Waals surface area contributed by atoms with E-state index in [2.05, 4.69) is 18.3 Å². The van der Waals surface area contributed by atoms with Crippen molar-refractivity contribution in [2.45, 2.75) is 33.4 Å².